The first-order chi connectivity index (χ1) is 17.6. The van der Waals surface area contributed by atoms with E-state index in [2.05, 4.69) is 10.5 Å². The Labute approximate surface area is 230 Å². The molecule has 1 N–H and O–H groups in total. The molecule has 12 heteroatoms. The highest BCUT2D eigenvalue weighted by Gasteiger charge is 2.23. The molecular formula is C25H24Cl3N3O5S. The second-order valence-corrected chi connectivity index (χ2v) is 10.8. The summed E-state index contributed by atoms with van der Waals surface area (Å²) >= 11 is 18.1. The summed E-state index contributed by atoms with van der Waals surface area (Å²) in [5.74, 6) is 0.372. The molecule has 0 fully saturated rings. The Morgan fingerprint density at radius 2 is 1.76 bits per heavy atom. The van der Waals surface area contributed by atoms with Crippen molar-refractivity contribution in [3.8, 4) is 11.5 Å². The molecular weight excluding hydrogens is 561 g/mol. The van der Waals surface area contributed by atoms with E-state index in [4.69, 9.17) is 44.3 Å². The molecule has 0 aliphatic carbocycles. The van der Waals surface area contributed by atoms with Crippen LogP contribution in [0.25, 0.3) is 0 Å². The Morgan fingerprint density at radius 3 is 2.43 bits per heavy atom. The van der Waals surface area contributed by atoms with Crippen molar-refractivity contribution >= 4 is 62.6 Å². The van der Waals surface area contributed by atoms with Crippen LogP contribution < -0.4 is 19.2 Å². The van der Waals surface area contributed by atoms with Crippen molar-refractivity contribution in [2.24, 2.45) is 5.10 Å². The Balaban J connectivity index is 1.67. The van der Waals surface area contributed by atoms with Gasteiger partial charge in [-0.3, -0.25) is 9.10 Å². The minimum atomic E-state index is -3.83. The minimum Gasteiger partial charge on any atom is -0.490 e. The summed E-state index contributed by atoms with van der Waals surface area (Å²) in [6, 6.07) is 17.0. The maximum absolute atomic E-state index is 12.5. The summed E-state index contributed by atoms with van der Waals surface area (Å²) in [4.78, 5) is 12.5. The van der Waals surface area contributed by atoms with Gasteiger partial charge in [-0.05, 0) is 60.5 Å². The first kappa shape index (κ1) is 28.6. The predicted octanol–water partition coefficient (Wildman–Crippen LogP) is 5.54. The third-order valence-corrected chi connectivity index (χ3v) is 7.05. The lowest BCUT2D eigenvalue weighted by Crippen LogP contribution is -2.39. The summed E-state index contributed by atoms with van der Waals surface area (Å²) in [7, 11) is -3.83. The summed E-state index contributed by atoms with van der Waals surface area (Å²) in [6.45, 7) is 2.05. The minimum absolute atomic E-state index is 0.0210. The SMILES string of the molecule is CCOc1cc(/C=N\NC(=O)CN(c2cccc(Cl)c2Cl)S(C)(=O)=O)ccc1OCc1ccc(Cl)cc1. The summed E-state index contributed by atoms with van der Waals surface area (Å²) in [6.07, 6.45) is 2.37. The predicted molar refractivity (Wildman–Crippen MR) is 148 cm³/mol. The van der Waals surface area contributed by atoms with Gasteiger partial charge in [0.25, 0.3) is 5.91 Å². The normalized spacial score (nSPS) is 11.4. The van der Waals surface area contributed by atoms with Gasteiger partial charge >= 0.3 is 0 Å². The van der Waals surface area contributed by atoms with Crippen LogP contribution >= 0.6 is 34.8 Å². The fourth-order valence-corrected chi connectivity index (χ4v) is 4.58. The Morgan fingerprint density at radius 1 is 1.03 bits per heavy atom. The van der Waals surface area contributed by atoms with Crippen molar-refractivity contribution in [3.63, 3.8) is 0 Å². The highest BCUT2D eigenvalue weighted by molar-refractivity contribution is 7.92. The Bertz CT molecular complexity index is 1380. The second kappa shape index (κ2) is 13.0. The number of anilines is 1. The molecule has 0 bridgehead atoms. The average molecular weight is 585 g/mol. The highest BCUT2D eigenvalue weighted by Crippen LogP contribution is 2.33. The number of benzene rings is 3. The van der Waals surface area contributed by atoms with Gasteiger partial charge < -0.3 is 9.47 Å². The molecule has 0 aliphatic heterocycles. The van der Waals surface area contributed by atoms with Crippen LogP contribution in [-0.4, -0.2) is 39.9 Å². The summed E-state index contributed by atoms with van der Waals surface area (Å²) in [5, 5.41) is 4.76. The van der Waals surface area contributed by atoms with Gasteiger partial charge in [-0.15, -0.1) is 0 Å². The topological polar surface area (TPSA) is 97.3 Å². The fraction of sp³-hybridized carbons (Fsp3) is 0.200. The van der Waals surface area contributed by atoms with Gasteiger partial charge in [0.1, 0.15) is 13.2 Å². The molecule has 37 heavy (non-hydrogen) atoms. The summed E-state index contributed by atoms with van der Waals surface area (Å²) < 4.78 is 37.0. The molecule has 0 spiro atoms. The van der Waals surface area contributed by atoms with Crippen molar-refractivity contribution in [2.45, 2.75) is 13.5 Å². The number of carbonyl (C=O) groups is 1. The van der Waals surface area contributed by atoms with E-state index in [-0.39, 0.29) is 15.7 Å². The number of carbonyl (C=O) groups excluding carboxylic acids is 1. The zero-order valence-corrected chi connectivity index (χ0v) is 23.0. The molecule has 0 heterocycles. The van der Waals surface area contributed by atoms with Crippen molar-refractivity contribution in [3.05, 3.63) is 86.9 Å². The van der Waals surface area contributed by atoms with Gasteiger partial charge in [0.15, 0.2) is 11.5 Å². The largest absolute Gasteiger partial charge is 0.490 e. The van der Waals surface area contributed by atoms with Gasteiger partial charge in [-0.2, -0.15) is 5.10 Å². The van der Waals surface area contributed by atoms with Gasteiger partial charge in [0.2, 0.25) is 10.0 Å². The molecule has 3 rings (SSSR count). The molecule has 0 saturated carbocycles. The zero-order chi connectivity index (χ0) is 27.0. The lowest BCUT2D eigenvalue weighted by molar-refractivity contribution is -0.119. The highest BCUT2D eigenvalue weighted by atomic mass is 35.5. The number of halogens is 3. The van der Waals surface area contributed by atoms with Crippen LogP contribution in [0, 0.1) is 0 Å². The fourth-order valence-electron chi connectivity index (χ4n) is 3.14. The molecule has 0 atom stereocenters. The van der Waals surface area contributed by atoms with Gasteiger partial charge in [-0.1, -0.05) is 53.0 Å². The molecule has 0 aliphatic rings. The number of nitrogens with zero attached hydrogens (tertiary/aromatic N) is 2. The van der Waals surface area contributed by atoms with Crippen LogP contribution in [0.3, 0.4) is 0 Å². The Kier molecular flexibility index (Phi) is 10.0. The molecule has 8 nitrogen and oxygen atoms in total. The number of hydrazone groups is 1. The van der Waals surface area contributed by atoms with Crippen molar-refractivity contribution in [2.75, 3.05) is 23.7 Å². The molecule has 3 aromatic rings. The quantitative estimate of drug-likeness (QED) is 0.236. The number of ether oxygens (including phenoxy) is 2. The third kappa shape index (κ3) is 8.26. The van der Waals surface area contributed by atoms with Crippen molar-refractivity contribution < 1.29 is 22.7 Å². The van der Waals surface area contributed by atoms with E-state index in [1.54, 1.807) is 30.3 Å². The number of hydrogen-bond donors (Lipinski definition) is 1. The molecule has 0 radical (unpaired) electrons. The van der Waals surface area contributed by atoms with E-state index in [1.165, 1.54) is 24.4 Å². The van der Waals surface area contributed by atoms with E-state index in [9.17, 15) is 13.2 Å². The van der Waals surface area contributed by atoms with E-state index in [0.717, 1.165) is 16.1 Å². The second-order valence-electron chi connectivity index (χ2n) is 7.69. The monoisotopic (exact) mass is 583 g/mol. The molecule has 196 valence electrons. The number of amides is 1. The lowest BCUT2D eigenvalue weighted by Gasteiger charge is -2.22. The van der Waals surface area contributed by atoms with E-state index in [0.29, 0.717) is 35.3 Å². The third-order valence-electron chi connectivity index (χ3n) is 4.87. The lowest BCUT2D eigenvalue weighted by atomic mass is 10.2. The van der Waals surface area contributed by atoms with Crippen LogP contribution in [-0.2, 0) is 21.4 Å². The molecule has 0 saturated heterocycles. The van der Waals surface area contributed by atoms with E-state index < -0.39 is 22.5 Å². The van der Waals surface area contributed by atoms with Crippen LogP contribution in [0.4, 0.5) is 5.69 Å². The molecule has 3 aromatic carbocycles. The number of rotatable bonds is 11. The van der Waals surface area contributed by atoms with Gasteiger partial charge in [-0.25, -0.2) is 13.8 Å². The average Bonchev–Trinajstić information content (AvgIpc) is 2.84. The smallest absolute Gasteiger partial charge is 0.260 e. The Hall–Kier alpha value is -2.98. The van der Waals surface area contributed by atoms with Crippen LogP contribution in [0.5, 0.6) is 11.5 Å². The van der Waals surface area contributed by atoms with Crippen LogP contribution in [0.2, 0.25) is 15.1 Å². The van der Waals surface area contributed by atoms with Crippen LogP contribution in [0.1, 0.15) is 18.1 Å². The number of sulfonamides is 1. The van der Waals surface area contributed by atoms with E-state index in [1.807, 2.05) is 19.1 Å². The van der Waals surface area contributed by atoms with E-state index >= 15 is 0 Å². The maximum atomic E-state index is 12.5. The van der Waals surface area contributed by atoms with Crippen molar-refractivity contribution in [1.82, 2.24) is 5.43 Å². The van der Waals surface area contributed by atoms with Crippen LogP contribution in [0.15, 0.2) is 65.8 Å². The number of hydrogen-bond acceptors (Lipinski definition) is 6. The molecule has 0 aromatic heterocycles. The molecule has 1 amide bonds. The number of nitrogens with one attached hydrogen (secondary N) is 1. The first-order valence-electron chi connectivity index (χ1n) is 11.0. The molecule has 0 unspecified atom stereocenters. The van der Waals surface area contributed by atoms with Crippen molar-refractivity contribution in [1.29, 1.82) is 0 Å². The zero-order valence-electron chi connectivity index (χ0n) is 19.9. The van der Waals surface area contributed by atoms with Gasteiger partial charge in [0.05, 0.1) is 34.8 Å². The standard InChI is InChI=1S/C25H24Cl3N3O5S/c1-3-35-23-13-18(9-12-22(23)36-16-17-7-10-19(26)11-8-17)14-29-30-24(32)15-31(37(2,33)34)21-6-4-5-20(27)25(21)28/h4-14H,3,15-16H2,1-2H3,(H,30,32)/b29-14-. The first-order valence-corrected chi connectivity index (χ1v) is 13.9. The maximum Gasteiger partial charge on any atom is 0.260 e. The summed E-state index contributed by atoms with van der Waals surface area (Å²) in [5.41, 5.74) is 3.98. The van der Waals surface area contributed by atoms with Gasteiger partial charge in [0, 0.05) is 5.02 Å².